The van der Waals surface area contributed by atoms with Crippen molar-refractivity contribution in [1.82, 2.24) is 18.8 Å². The Morgan fingerprint density at radius 2 is 1.87 bits per heavy atom. The minimum absolute atomic E-state index is 0.0385. The molecule has 2 aliphatic heterocycles. The van der Waals surface area contributed by atoms with Crippen molar-refractivity contribution in [3.05, 3.63) is 54.6 Å². The van der Waals surface area contributed by atoms with Crippen molar-refractivity contribution in [2.75, 3.05) is 25.4 Å². The van der Waals surface area contributed by atoms with Gasteiger partial charge in [0.05, 0.1) is 18.1 Å². The zero-order valence-electron chi connectivity index (χ0n) is 17.0. The van der Waals surface area contributed by atoms with Crippen molar-refractivity contribution in [2.24, 2.45) is 0 Å². The molecule has 2 saturated heterocycles. The molecular weight excluding hydrogens is 404 g/mol. The summed E-state index contributed by atoms with van der Waals surface area (Å²) >= 11 is 0. The molecule has 8 nitrogen and oxygen atoms in total. The van der Waals surface area contributed by atoms with E-state index in [2.05, 4.69) is 4.98 Å². The molecule has 0 N–H and O–H groups in total. The van der Waals surface area contributed by atoms with Crippen molar-refractivity contribution in [3.63, 3.8) is 0 Å². The van der Waals surface area contributed by atoms with Gasteiger partial charge in [-0.05, 0) is 31.2 Å². The molecule has 0 spiro atoms. The van der Waals surface area contributed by atoms with Crippen LogP contribution in [0.15, 0.2) is 49.1 Å². The minimum Gasteiger partial charge on any atom is -0.445 e. The molecule has 4 rings (SSSR count). The standard InChI is InChI=1S/C21H28N4O4S/c26-21(29-15-18-5-2-1-3-6-18)25-11-4-7-20(25)16-30(27,28)24-12-8-19(9-13-24)23-14-10-22-17-23/h1-3,5-6,10,14,17,19-20H,4,7-9,11-13,15-16H2/t20-/m1/s1. The molecule has 30 heavy (non-hydrogen) atoms. The number of ether oxygens (including phenoxy) is 1. The van der Waals surface area contributed by atoms with Crippen molar-refractivity contribution in [2.45, 2.75) is 44.4 Å². The number of piperidine rings is 1. The maximum Gasteiger partial charge on any atom is 0.410 e. The molecule has 1 atom stereocenters. The average Bonchev–Trinajstić information content (AvgIpc) is 3.45. The first-order valence-corrected chi connectivity index (χ1v) is 12.1. The minimum atomic E-state index is -3.43. The van der Waals surface area contributed by atoms with Gasteiger partial charge in [0, 0.05) is 38.1 Å². The molecule has 162 valence electrons. The lowest BCUT2D eigenvalue weighted by Crippen LogP contribution is -2.46. The SMILES string of the molecule is O=C(OCc1ccccc1)N1CCC[C@@H]1CS(=O)(=O)N1CCC(n2ccnc2)CC1. The van der Waals surface area contributed by atoms with Gasteiger partial charge in [0.2, 0.25) is 10.0 Å². The number of likely N-dealkylation sites (tertiary alicyclic amines) is 1. The Hall–Kier alpha value is -2.39. The highest BCUT2D eigenvalue weighted by molar-refractivity contribution is 7.89. The summed E-state index contributed by atoms with van der Waals surface area (Å²) < 4.78 is 35.1. The number of rotatable bonds is 6. The predicted molar refractivity (Wildman–Crippen MR) is 112 cm³/mol. The van der Waals surface area contributed by atoms with Gasteiger partial charge in [0.1, 0.15) is 6.61 Å². The van der Waals surface area contributed by atoms with Crippen molar-refractivity contribution >= 4 is 16.1 Å². The molecule has 2 aromatic rings. The van der Waals surface area contributed by atoms with E-state index >= 15 is 0 Å². The molecule has 3 heterocycles. The van der Waals surface area contributed by atoms with Gasteiger partial charge >= 0.3 is 6.09 Å². The van der Waals surface area contributed by atoms with Crippen LogP contribution >= 0.6 is 0 Å². The number of hydrogen-bond donors (Lipinski definition) is 0. The fourth-order valence-corrected chi connectivity index (χ4v) is 6.11. The Morgan fingerprint density at radius 1 is 1.10 bits per heavy atom. The number of hydrogen-bond acceptors (Lipinski definition) is 5. The summed E-state index contributed by atoms with van der Waals surface area (Å²) in [6.45, 7) is 1.72. The van der Waals surface area contributed by atoms with Gasteiger partial charge < -0.3 is 14.2 Å². The van der Waals surface area contributed by atoms with Crippen LogP contribution in [0.3, 0.4) is 0 Å². The summed E-state index contributed by atoms with van der Waals surface area (Å²) in [4.78, 5) is 18.2. The molecule has 0 unspecified atom stereocenters. The fraction of sp³-hybridized carbons (Fsp3) is 0.524. The van der Waals surface area contributed by atoms with Gasteiger partial charge in [-0.1, -0.05) is 30.3 Å². The van der Waals surface area contributed by atoms with E-state index in [4.69, 9.17) is 4.74 Å². The van der Waals surface area contributed by atoms with E-state index in [1.54, 1.807) is 21.7 Å². The van der Waals surface area contributed by atoms with Gasteiger partial charge in [-0.15, -0.1) is 0 Å². The van der Waals surface area contributed by atoms with Gasteiger partial charge in [0.25, 0.3) is 0 Å². The summed E-state index contributed by atoms with van der Waals surface area (Å²) in [5, 5.41) is 0. The topological polar surface area (TPSA) is 84.7 Å². The third-order valence-electron chi connectivity index (χ3n) is 5.98. The number of carbonyl (C=O) groups excluding carboxylic acids is 1. The van der Waals surface area contributed by atoms with E-state index in [0.717, 1.165) is 24.8 Å². The molecule has 1 aromatic carbocycles. The average molecular weight is 433 g/mol. The molecule has 0 saturated carbocycles. The van der Waals surface area contributed by atoms with Crippen LogP contribution in [0.1, 0.15) is 37.3 Å². The molecular formula is C21H28N4O4S. The fourth-order valence-electron chi connectivity index (χ4n) is 4.30. The maximum atomic E-state index is 13.0. The monoisotopic (exact) mass is 432 g/mol. The first-order chi connectivity index (χ1) is 14.5. The Kier molecular flexibility index (Phi) is 6.38. The lowest BCUT2D eigenvalue weighted by Gasteiger charge is -2.33. The van der Waals surface area contributed by atoms with Crippen molar-refractivity contribution in [3.8, 4) is 0 Å². The van der Waals surface area contributed by atoms with Gasteiger partial charge in [-0.3, -0.25) is 0 Å². The van der Waals surface area contributed by atoms with Crippen LogP contribution in [-0.2, 0) is 21.4 Å². The van der Waals surface area contributed by atoms with E-state index in [9.17, 15) is 13.2 Å². The molecule has 0 radical (unpaired) electrons. The third-order valence-corrected chi connectivity index (χ3v) is 7.94. The number of amides is 1. The molecule has 1 aromatic heterocycles. The Labute approximate surface area is 177 Å². The molecule has 9 heteroatoms. The van der Waals surface area contributed by atoms with Crippen LogP contribution in [0, 0.1) is 0 Å². The van der Waals surface area contributed by atoms with E-state index in [0.29, 0.717) is 26.1 Å². The number of imidazole rings is 1. The second-order valence-corrected chi connectivity index (χ2v) is 9.96. The maximum absolute atomic E-state index is 13.0. The smallest absolute Gasteiger partial charge is 0.410 e. The van der Waals surface area contributed by atoms with Crippen molar-refractivity contribution in [1.29, 1.82) is 0 Å². The molecule has 0 bridgehead atoms. The quantitative estimate of drug-likeness (QED) is 0.701. The highest BCUT2D eigenvalue weighted by Crippen LogP contribution is 2.26. The number of benzene rings is 1. The lowest BCUT2D eigenvalue weighted by atomic mass is 10.1. The lowest BCUT2D eigenvalue weighted by molar-refractivity contribution is 0.0946. The Morgan fingerprint density at radius 3 is 2.57 bits per heavy atom. The van der Waals surface area contributed by atoms with Gasteiger partial charge in [-0.25, -0.2) is 22.5 Å². The van der Waals surface area contributed by atoms with Crippen LogP contribution in [-0.4, -0.2) is 64.7 Å². The van der Waals surface area contributed by atoms with Crippen LogP contribution in [0.2, 0.25) is 0 Å². The number of nitrogens with zero attached hydrogens (tertiary/aromatic N) is 4. The van der Waals surface area contributed by atoms with E-state index in [-0.39, 0.29) is 24.4 Å². The van der Waals surface area contributed by atoms with Crippen LogP contribution < -0.4 is 0 Å². The third kappa shape index (κ3) is 4.84. The molecule has 0 aliphatic carbocycles. The molecule has 2 aliphatic rings. The van der Waals surface area contributed by atoms with E-state index < -0.39 is 16.1 Å². The molecule has 2 fully saturated rings. The summed E-state index contributed by atoms with van der Waals surface area (Å²) in [7, 11) is -3.43. The number of carbonyl (C=O) groups is 1. The summed E-state index contributed by atoms with van der Waals surface area (Å²) in [5.74, 6) is -0.0385. The van der Waals surface area contributed by atoms with E-state index in [1.807, 2.05) is 41.1 Å². The van der Waals surface area contributed by atoms with Gasteiger partial charge in [0.15, 0.2) is 0 Å². The van der Waals surface area contributed by atoms with Crippen molar-refractivity contribution < 1.29 is 17.9 Å². The summed E-state index contributed by atoms with van der Waals surface area (Å²) in [5.41, 5.74) is 0.912. The van der Waals surface area contributed by atoms with Crippen LogP contribution in [0.4, 0.5) is 4.79 Å². The summed E-state index contributed by atoms with van der Waals surface area (Å²) in [6.07, 6.45) is 8.03. The second-order valence-electron chi connectivity index (χ2n) is 7.95. The predicted octanol–water partition coefficient (Wildman–Crippen LogP) is 2.65. The van der Waals surface area contributed by atoms with Crippen LogP contribution in [0.5, 0.6) is 0 Å². The zero-order valence-corrected chi connectivity index (χ0v) is 17.8. The largest absolute Gasteiger partial charge is 0.445 e. The number of aromatic nitrogens is 2. The Balaban J connectivity index is 1.31. The zero-order chi connectivity index (χ0) is 21.0. The highest BCUT2D eigenvalue weighted by atomic mass is 32.2. The van der Waals surface area contributed by atoms with Crippen LogP contribution in [0.25, 0.3) is 0 Å². The first-order valence-electron chi connectivity index (χ1n) is 10.5. The van der Waals surface area contributed by atoms with E-state index in [1.165, 1.54) is 0 Å². The Bertz CT molecular complexity index is 925. The first kappa shape index (κ1) is 20.9. The second kappa shape index (κ2) is 9.18. The highest BCUT2D eigenvalue weighted by Gasteiger charge is 2.37. The van der Waals surface area contributed by atoms with Gasteiger partial charge in [-0.2, -0.15) is 0 Å². The summed E-state index contributed by atoms with van der Waals surface area (Å²) in [6, 6.07) is 9.44. The molecule has 1 amide bonds. The normalized spacial score (nSPS) is 21.1. The number of sulfonamides is 1.